The van der Waals surface area contributed by atoms with Gasteiger partial charge in [0.05, 0.1) is 12.6 Å². The first-order chi connectivity index (χ1) is 9.66. The van der Waals surface area contributed by atoms with E-state index in [0.717, 1.165) is 37.5 Å². The van der Waals surface area contributed by atoms with E-state index in [2.05, 4.69) is 15.2 Å². The lowest BCUT2D eigenvalue weighted by molar-refractivity contribution is -0.120. The van der Waals surface area contributed by atoms with Crippen molar-refractivity contribution >= 4 is 29.9 Å². The Morgan fingerprint density at radius 3 is 3.05 bits per heavy atom. The van der Waals surface area contributed by atoms with Crippen molar-refractivity contribution in [1.29, 1.82) is 0 Å². The van der Waals surface area contributed by atoms with Crippen molar-refractivity contribution < 1.29 is 9.53 Å². The quantitative estimate of drug-likeness (QED) is 0.884. The van der Waals surface area contributed by atoms with Gasteiger partial charge in [0, 0.05) is 14.1 Å². The number of nitrogens with zero attached hydrogens (tertiary/aromatic N) is 3. The molecule has 1 aromatic heterocycles. The zero-order valence-electron chi connectivity index (χ0n) is 12.3. The van der Waals surface area contributed by atoms with Crippen molar-refractivity contribution in [2.75, 3.05) is 43.6 Å². The molecule has 116 valence electrons. The van der Waals surface area contributed by atoms with Crippen molar-refractivity contribution in [3.05, 3.63) is 12.1 Å². The highest BCUT2D eigenvalue weighted by atomic mass is 35.5. The molecule has 2 aliphatic heterocycles. The number of hydrogen-bond acceptors (Lipinski definition) is 5. The maximum absolute atomic E-state index is 12.4. The van der Waals surface area contributed by atoms with Gasteiger partial charge in [-0.1, -0.05) is 0 Å². The number of likely N-dealkylation sites (N-methyl/N-ethyl adjacent to an activating group) is 2. The molecule has 21 heavy (non-hydrogen) atoms. The summed E-state index contributed by atoms with van der Waals surface area (Å²) in [6, 6.07) is 3.65. The summed E-state index contributed by atoms with van der Waals surface area (Å²) < 4.78 is 5.57. The van der Waals surface area contributed by atoms with E-state index in [1.807, 2.05) is 19.2 Å². The van der Waals surface area contributed by atoms with Gasteiger partial charge in [-0.15, -0.1) is 12.4 Å². The van der Waals surface area contributed by atoms with Crippen LogP contribution in [0.3, 0.4) is 0 Å². The second-order valence-electron chi connectivity index (χ2n) is 5.31. The lowest BCUT2D eigenvalue weighted by Crippen LogP contribution is -2.42. The predicted molar refractivity (Wildman–Crippen MR) is 84.7 cm³/mol. The van der Waals surface area contributed by atoms with Gasteiger partial charge in [-0.05, 0) is 31.5 Å². The topological polar surface area (TPSA) is 57.7 Å². The van der Waals surface area contributed by atoms with Gasteiger partial charge in [-0.25, -0.2) is 4.98 Å². The molecule has 1 fully saturated rings. The first-order valence-corrected chi connectivity index (χ1v) is 7.03. The molecular weight excluding hydrogens is 292 g/mol. The molecule has 0 aromatic carbocycles. The van der Waals surface area contributed by atoms with Crippen LogP contribution >= 0.6 is 12.4 Å². The van der Waals surface area contributed by atoms with Crippen LogP contribution in [0.15, 0.2) is 12.1 Å². The molecule has 1 N–H and O–H groups in total. The number of hydrogen-bond donors (Lipinski definition) is 1. The van der Waals surface area contributed by atoms with Gasteiger partial charge in [-0.2, -0.15) is 0 Å². The zero-order valence-corrected chi connectivity index (χ0v) is 13.2. The normalized spacial score (nSPS) is 20.3. The van der Waals surface area contributed by atoms with Crippen LogP contribution in [-0.4, -0.2) is 50.7 Å². The summed E-state index contributed by atoms with van der Waals surface area (Å²) in [5.74, 6) is 2.32. The van der Waals surface area contributed by atoms with Gasteiger partial charge in [-0.3, -0.25) is 9.69 Å². The molecule has 1 amide bonds. The number of amides is 1. The van der Waals surface area contributed by atoms with E-state index in [1.54, 1.807) is 11.9 Å². The molecule has 0 bridgehead atoms. The molecule has 0 aliphatic carbocycles. The van der Waals surface area contributed by atoms with Crippen molar-refractivity contribution in [3.63, 3.8) is 0 Å². The van der Waals surface area contributed by atoms with Crippen LogP contribution in [0.5, 0.6) is 5.75 Å². The van der Waals surface area contributed by atoms with E-state index in [0.29, 0.717) is 12.4 Å². The van der Waals surface area contributed by atoms with Crippen LogP contribution in [0.4, 0.5) is 11.6 Å². The van der Waals surface area contributed by atoms with Crippen molar-refractivity contribution in [2.24, 2.45) is 0 Å². The fourth-order valence-electron chi connectivity index (χ4n) is 2.64. The summed E-state index contributed by atoms with van der Waals surface area (Å²) in [6.07, 6.45) is 1.95. The summed E-state index contributed by atoms with van der Waals surface area (Å²) in [7, 11) is 3.76. The van der Waals surface area contributed by atoms with E-state index < -0.39 is 0 Å². The SMILES string of the molecule is CN1CCOc2ccc(N(C)C(=O)C3CCCN3)nc21.Cl. The monoisotopic (exact) mass is 312 g/mol. The second kappa shape index (κ2) is 6.49. The van der Waals surface area contributed by atoms with E-state index in [-0.39, 0.29) is 24.4 Å². The molecule has 2 aliphatic rings. The number of aromatic nitrogens is 1. The van der Waals surface area contributed by atoms with Crippen LogP contribution in [0.1, 0.15) is 12.8 Å². The van der Waals surface area contributed by atoms with Gasteiger partial charge in [0.25, 0.3) is 0 Å². The molecule has 7 heteroatoms. The molecule has 3 heterocycles. The molecule has 1 unspecified atom stereocenters. The highest BCUT2D eigenvalue weighted by Crippen LogP contribution is 2.30. The third-order valence-corrected chi connectivity index (χ3v) is 3.90. The average molecular weight is 313 g/mol. The van der Waals surface area contributed by atoms with Gasteiger partial charge >= 0.3 is 0 Å². The minimum atomic E-state index is -0.0770. The summed E-state index contributed by atoms with van der Waals surface area (Å²) in [5.41, 5.74) is 0. The molecule has 1 saturated heterocycles. The molecule has 0 spiro atoms. The number of anilines is 2. The fourth-order valence-corrected chi connectivity index (χ4v) is 2.64. The second-order valence-corrected chi connectivity index (χ2v) is 5.31. The molecule has 6 nitrogen and oxygen atoms in total. The minimum Gasteiger partial charge on any atom is -0.488 e. The Labute approximate surface area is 130 Å². The molecule has 0 saturated carbocycles. The largest absolute Gasteiger partial charge is 0.488 e. The summed E-state index contributed by atoms with van der Waals surface area (Å²) >= 11 is 0. The van der Waals surface area contributed by atoms with E-state index >= 15 is 0 Å². The van der Waals surface area contributed by atoms with Crippen LogP contribution in [0.25, 0.3) is 0 Å². The highest BCUT2D eigenvalue weighted by Gasteiger charge is 2.27. The lowest BCUT2D eigenvalue weighted by Gasteiger charge is -2.28. The Bertz CT molecular complexity index is 520. The van der Waals surface area contributed by atoms with Crippen LogP contribution in [0, 0.1) is 0 Å². The molecule has 1 aromatic rings. The lowest BCUT2D eigenvalue weighted by atomic mass is 10.2. The van der Waals surface area contributed by atoms with Gasteiger partial charge in [0.2, 0.25) is 5.91 Å². The minimum absolute atomic E-state index is 0. The molecular formula is C14H21ClN4O2. The number of nitrogens with one attached hydrogen (secondary N) is 1. The van der Waals surface area contributed by atoms with E-state index in [1.165, 1.54) is 0 Å². The van der Waals surface area contributed by atoms with E-state index in [9.17, 15) is 4.79 Å². The van der Waals surface area contributed by atoms with Gasteiger partial charge < -0.3 is 15.0 Å². The number of carbonyl (C=O) groups is 1. The van der Waals surface area contributed by atoms with Crippen LogP contribution in [-0.2, 0) is 4.79 Å². The first kappa shape index (κ1) is 15.9. The number of carbonyl (C=O) groups excluding carboxylic acids is 1. The Morgan fingerprint density at radius 2 is 2.33 bits per heavy atom. The zero-order chi connectivity index (χ0) is 14.1. The van der Waals surface area contributed by atoms with Crippen molar-refractivity contribution in [3.8, 4) is 5.75 Å². The third kappa shape index (κ3) is 3.06. The smallest absolute Gasteiger partial charge is 0.245 e. The standard InChI is InChI=1S/C14H20N4O2.ClH/c1-17-8-9-20-11-5-6-12(16-13(11)17)18(2)14(19)10-4-3-7-15-10;/h5-6,10,15H,3-4,7-9H2,1-2H3;1H. The molecule has 1 atom stereocenters. The number of ether oxygens (including phenoxy) is 1. The summed E-state index contributed by atoms with van der Waals surface area (Å²) in [4.78, 5) is 20.6. The maximum atomic E-state index is 12.4. The first-order valence-electron chi connectivity index (χ1n) is 7.03. The highest BCUT2D eigenvalue weighted by molar-refractivity contribution is 5.96. The maximum Gasteiger partial charge on any atom is 0.245 e. The van der Waals surface area contributed by atoms with Gasteiger partial charge in [0.15, 0.2) is 11.6 Å². The van der Waals surface area contributed by atoms with E-state index in [4.69, 9.17) is 4.74 Å². The molecule has 0 radical (unpaired) electrons. The third-order valence-electron chi connectivity index (χ3n) is 3.90. The Morgan fingerprint density at radius 1 is 1.52 bits per heavy atom. The van der Waals surface area contributed by atoms with Crippen molar-refractivity contribution in [2.45, 2.75) is 18.9 Å². The fraction of sp³-hybridized carbons (Fsp3) is 0.571. The molecule has 3 rings (SSSR count). The predicted octanol–water partition coefficient (Wildman–Crippen LogP) is 1.05. The van der Waals surface area contributed by atoms with Crippen LogP contribution in [0.2, 0.25) is 0 Å². The van der Waals surface area contributed by atoms with Crippen molar-refractivity contribution in [1.82, 2.24) is 10.3 Å². The summed E-state index contributed by atoms with van der Waals surface area (Å²) in [5, 5.41) is 3.22. The number of rotatable bonds is 2. The number of halogens is 1. The average Bonchev–Trinajstić information content (AvgIpc) is 3.00. The Balaban J connectivity index is 0.00000161. The Kier molecular flexibility index (Phi) is 4.90. The number of pyridine rings is 1. The summed E-state index contributed by atoms with van der Waals surface area (Å²) in [6.45, 7) is 2.40. The Hall–Kier alpha value is -1.53. The van der Waals surface area contributed by atoms with Crippen LogP contribution < -0.4 is 19.9 Å². The number of fused-ring (bicyclic) bond motifs is 1. The van der Waals surface area contributed by atoms with Gasteiger partial charge in [0.1, 0.15) is 12.4 Å².